The number of carboxylic acid groups (broad SMARTS) is 1. The van der Waals surface area contributed by atoms with Crippen LogP contribution in [0.15, 0.2) is 24.4 Å². The maximum atomic E-state index is 11.1. The summed E-state index contributed by atoms with van der Waals surface area (Å²) >= 11 is 0. The monoisotopic (exact) mass is 231 g/mol. The highest BCUT2D eigenvalue weighted by molar-refractivity contribution is 5.92. The summed E-state index contributed by atoms with van der Waals surface area (Å²) in [6, 6.07) is 6.13. The fourth-order valence-corrected chi connectivity index (χ4v) is 2.31. The molecule has 1 aromatic heterocycles. The molecule has 90 valence electrons. The van der Waals surface area contributed by atoms with E-state index in [4.69, 9.17) is 5.11 Å². The Hall–Kier alpha value is -1.77. The SMILES string of the molecule is CCc1cccc2c1c(C(C)C(=O)O)cn2C. The molecule has 0 radical (unpaired) electrons. The van der Waals surface area contributed by atoms with Gasteiger partial charge in [0.15, 0.2) is 0 Å². The molecule has 0 aliphatic carbocycles. The van der Waals surface area contributed by atoms with Gasteiger partial charge in [-0.05, 0) is 30.5 Å². The summed E-state index contributed by atoms with van der Waals surface area (Å²) < 4.78 is 2.00. The zero-order valence-corrected chi connectivity index (χ0v) is 10.4. The molecule has 0 bridgehead atoms. The predicted octanol–water partition coefficient (Wildman–Crippen LogP) is 2.93. The van der Waals surface area contributed by atoms with Crippen molar-refractivity contribution >= 4 is 16.9 Å². The lowest BCUT2D eigenvalue weighted by atomic mass is 9.96. The number of carboxylic acids is 1. The van der Waals surface area contributed by atoms with Gasteiger partial charge in [0.1, 0.15) is 0 Å². The van der Waals surface area contributed by atoms with Crippen molar-refractivity contribution in [2.75, 3.05) is 0 Å². The van der Waals surface area contributed by atoms with Crippen LogP contribution in [0.1, 0.15) is 30.9 Å². The van der Waals surface area contributed by atoms with Crippen LogP contribution in [0, 0.1) is 0 Å². The van der Waals surface area contributed by atoms with E-state index in [0.717, 1.165) is 22.9 Å². The van der Waals surface area contributed by atoms with Crippen LogP contribution in [-0.4, -0.2) is 15.6 Å². The maximum absolute atomic E-state index is 11.1. The lowest BCUT2D eigenvalue weighted by molar-refractivity contribution is -0.138. The van der Waals surface area contributed by atoms with Gasteiger partial charge < -0.3 is 9.67 Å². The Morgan fingerprint density at radius 3 is 2.76 bits per heavy atom. The number of aryl methyl sites for hydroxylation is 2. The largest absolute Gasteiger partial charge is 0.481 e. The third kappa shape index (κ3) is 1.82. The van der Waals surface area contributed by atoms with Gasteiger partial charge in [0, 0.05) is 24.1 Å². The first-order chi connectivity index (χ1) is 8.06. The molecule has 2 rings (SSSR count). The number of benzene rings is 1. The molecule has 2 aromatic rings. The zero-order chi connectivity index (χ0) is 12.6. The Morgan fingerprint density at radius 1 is 1.47 bits per heavy atom. The second-order valence-corrected chi connectivity index (χ2v) is 4.42. The molecular weight excluding hydrogens is 214 g/mol. The molecule has 0 saturated carbocycles. The van der Waals surface area contributed by atoms with Crippen LogP contribution in [0.25, 0.3) is 10.9 Å². The molecular formula is C14H17NO2. The molecule has 0 amide bonds. The highest BCUT2D eigenvalue weighted by atomic mass is 16.4. The van der Waals surface area contributed by atoms with E-state index < -0.39 is 11.9 Å². The summed E-state index contributed by atoms with van der Waals surface area (Å²) in [5.74, 6) is -1.24. The third-order valence-corrected chi connectivity index (χ3v) is 3.35. The van der Waals surface area contributed by atoms with Crippen molar-refractivity contribution in [1.82, 2.24) is 4.57 Å². The fourth-order valence-electron chi connectivity index (χ4n) is 2.31. The van der Waals surface area contributed by atoms with E-state index in [0.29, 0.717) is 0 Å². The van der Waals surface area contributed by atoms with E-state index in [1.54, 1.807) is 6.92 Å². The van der Waals surface area contributed by atoms with Crippen LogP contribution in [0.2, 0.25) is 0 Å². The summed E-state index contributed by atoms with van der Waals surface area (Å²) in [5.41, 5.74) is 3.23. The Morgan fingerprint density at radius 2 is 2.18 bits per heavy atom. The molecule has 3 nitrogen and oxygen atoms in total. The van der Waals surface area contributed by atoms with Crippen molar-refractivity contribution in [3.05, 3.63) is 35.5 Å². The van der Waals surface area contributed by atoms with Gasteiger partial charge in [-0.15, -0.1) is 0 Å². The average molecular weight is 231 g/mol. The van der Waals surface area contributed by atoms with Crippen LogP contribution in [0.4, 0.5) is 0 Å². The van der Waals surface area contributed by atoms with Gasteiger partial charge >= 0.3 is 5.97 Å². The molecule has 17 heavy (non-hydrogen) atoms. The summed E-state index contributed by atoms with van der Waals surface area (Å²) in [7, 11) is 1.96. The number of rotatable bonds is 3. The molecule has 0 saturated heterocycles. The van der Waals surface area contributed by atoms with E-state index in [-0.39, 0.29) is 0 Å². The summed E-state index contributed by atoms with van der Waals surface area (Å²) in [6.07, 6.45) is 2.85. The number of aliphatic carboxylic acids is 1. The van der Waals surface area contributed by atoms with Crippen LogP contribution >= 0.6 is 0 Å². The van der Waals surface area contributed by atoms with Crippen molar-refractivity contribution in [3.8, 4) is 0 Å². The van der Waals surface area contributed by atoms with Crippen LogP contribution < -0.4 is 0 Å². The van der Waals surface area contributed by atoms with Gasteiger partial charge in [0.25, 0.3) is 0 Å². The molecule has 0 aliphatic heterocycles. The Balaban J connectivity index is 2.75. The standard InChI is InChI=1S/C14H17NO2/c1-4-10-6-5-7-12-13(10)11(8-15(12)3)9(2)14(16)17/h5-9H,4H2,1-3H3,(H,16,17). The van der Waals surface area contributed by atoms with E-state index in [9.17, 15) is 4.79 Å². The van der Waals surface area contributed by atoms with E-state index in [1.807, 2.05) is 29.9 Å². The van der Waals surface area contributed by atoms with Gasteiger partial charge in [-0.2, -0.15) is 0 Å². The van der Waals surface area contributed by atoms with Gasteiger partial charge in [-0.3, -0.25) is 4.79 Å². The minimum Gasteiger partial charge on any atom is -0.481 e. The first kappa shape index (κ1) is 11.7. The molecule has 0 spiro atoms. The maximum Gasteiger partial charge on any atom is 0.310 e. The molecule has 1 atom stereocenters. The minimum absolute atomic E-state index is 0.466. The Kier molecular flexibility index (Phi) is 2.92. The van der Waals surface area contributed by atoms with E-state index in [2.05, 4.69) is 13.0 Å². The quantitative estimate of drug-likeness (QED) is 0.882. The minimum atomic E-state index is -0.775. The zero-order valence-electron chi connectivity index (χ0n) is 10.4. The number of carbonyl (C=O) groups is 1. The third-order valence-electron chi connectivity index (χ3n) is 3.35. The van der Waals surface area contributed by atoms with Crippen LogP contribution in [-0.2, 0) is 18.3 Å². The summed E-state index contributed by atoms with van der Waals surface area (Å²) in [4.78, 5) is 11.1. The first-order valence-corrected chi connectivity index (χ1v) is 5.85. The molecule has 1 N–H and O–H groups in total. The molecule has 1 aromatic carbocycles. The summed E-state index contributed by atoms with van der Waals surface area (Å²) in [5, 5.41) is 10.3. The molecule has 0 aliphatic rings. The second-order valence-electron chi connectivity index (χ2n) is 4.42. The van der Waals surface area contributed by atoms with Crippen molar-refractivity contribution in [2.24, 2.45) is 7.05 Å². The highest BCUT2D eigenvalue weighted by Crippen LogP contribution is 2.30. The Bertz CT molecular complexity index is 569. The number of aromatic nitrogens is 1. The second kappa shape index (κ2) is 4.24. The number of hydrogen-bond acceptors (Lipinski definition) is 1. The van der Waals surface area contributed by atoms with Crippen LogP contribution in [0.3, 0.4) is 0 Å². The van der Waals surface area contributed by atoms with Crippen molar-refractivity contribution in [2.45, 2.75) is 26.2 Å². The lowest BCUT2D eigenvalue weighted by Crippen LogP contribution is -2.07. The average Bonchev–Trinajstić information content (AvgIpc) is 2.66. The van der Waals surface area contributed by atoms with Crippen molar-refractivity contribution in [3.63, 3.8) is 0 Å². The summed E-state index contributed by atoms with van der Waals surface area (Å²) in [6.45, 7) is 3.83. The van der Waals surface area contributed by atoms with E-state index >= 15 is 0 Å². The fraction of sp³-hybridized carbons (Fsp3) is 0.357. The first-order valence-electron chi connectivity index (χ1n) is 5.85. The molecule has 1 heterocycles. The van der Waals surface area contributed by atoms with Gasteiger partial charge in [0.2, 0.25) is 0 Å². The molecule has 1 unspecified atom stereocenters. The van der Waals surface area contributed by atoms with Crippen molar-refractivity contribution in [1.29, 1.82) is 0 Å². The van der Waals surface area contributed by atoms with Gasteiger partial charge in [0.05, 0.1) is 5.92 Å². The topological polar surface area (TPSA) is 42.2 Å². The van der Waals surface area contributed by atoms with Crippen LogP contribution in [0.5, 0.6) is 0 Å². The number of hydrogen-bond donors (Lipinski definition) is 1. The number of nitrogens with zero attached hydrogens (tertiary/aromatic N) is 1. The van der Waals surface area contributed by atoms with Gasteiger partial charge in [-0.25, -0.2) is 0 Å². The smallest absolute Gasteiger partial charge is 0.310 e. The molecule has 0 fully saturated rings. The lowest BCUT2D eigenvalue weighted by Gasteiger charge is -2.07. The van der Waals surface area contributed by atoms with E-state index in [1.165, 1.54) is 5.56 Å². The van der Waals surface area contributed by atoms with Crippen molar-refractivity contribution < 1.29 is 9.90 Å². The predicted molar refractivity (Wildman–Crippen MR) is 68.3 cm³/mol. The number of fused-ring (bicyclic) bond motifs is 1. The van der Waals surface area contributed by atoms with Gasteiger partial charge in [-0.1, -0.05) is 19.1 Å². The molecule has 3 heteroatoms. The Labute approximate surface area is 101 Å². The highest BCUT2D eigenvalue weighted by Gasteiger charge is 2.20. The normalized spacial score (nSPS) is 12.9.